The Morgan fingerprint density at radius 1 is 1.12 bits per heavy atom. The summed E-state index contributed by atoms with van der Waals surface area (Å²) in [5, 5.41) is 0. The number of carbonyl (C=O) groups is 1. The summed E-state index contributed by atoms with van der Waals surface area (Å²) in [7, 11) is -3.44. The van der Waals surface area contributed by atoms with Crippen molar-refractivity contribution in [3.8, 4) is 0 Å². The highest BCUT2D eigenvalue weighted by Gasteiger charge is 2.37. The van der Waals surface area contributed by atoms with Crippen molar-refractivity contribution in [3.63, 3.8) is 0 Å². The van der Waals surface area contributed by atoms with E-state index in [9.17, 15) is 13.2 Å². The Kier molecular flexibility index (Phi) is 3.92. The zero-order chi connectivity index (χ0) is 16.9. The number of fused-ring (bicyclic) bond motifs is 1. The van der Waals surface area contributed by atoms with Gasteiger partial charge in [-0.25, -0.2) is 8.42 Å². The number of sulfonamides is 1. The van der Waals surface area contributed by atoms with Crippen molar-refractivity contribution in [2.75, 3.05) is 18.0 Å². The Labute approximate surface area is 143 Å². The van der Waals surface area contributed by atoms with Crippen molar-refractivity contribution in [3.05, 3.63) is 23.8 Å². The highest BCUT2D eigenvalue weighted by atomic mass is 32.2. The van der Waals surface area contributed by atoms with Crippen molar-refractivity contribution >= 4 is 21.6 Å². The average molecular weight is 348 g/mol. The summed E-state index contributed by atoms with van der Waals surface area (Å²) in [6.07, 6.45) is 5.67. The van der Waals surface area contributed by atoms with Gasteiger partial charge in [0.25, 0.3) is 0 Å². The number of nitrogens with zero attached hydrogens (tertiary/aromatic N) is 2. The fourth-order valence-electron chi connectivity index (χ4n) is 3.88. The first-order valence-electron chi connectivity index (χ1n) is 8.94. The van der Waals surface area contributed by atoms with Gasteiger partial charge in [0.1, 0.15) is 0 Å². The lowest BCUT2D eigenvalue weighted by atomic mass is 10.1. The quantitative estimate of drug-likeness (QED) is 0.843. The molecule has 2 fully saturated rings. The van der Waals surface area contributed by atoms with E-state index in [1.54, 1.807) is 16.4 Å². The summed E-state index contributed by atoms with van der Waals surface area (Å²) in [6, 6.07) is 5.34. The van der Waals surface area contributed by atoms with Gasteiger partial charge in [-0.2, -0.15) is 4.31 Å². The molecule has 4 rings (SSSR count). The molecule has 0 spiro atoms. The smallest absolute Gasteiger partial charge is 0.243 e. The maximum atomic E-state index is 13.0. The van der Waals surface area contributed by atoms with E-state index in [1.807, 2.05) is 17.9 Å². The second-order valence-electron chi connectivity index (χ2n) is 7.27. The fourth-order valence-corrected chi connectivity index (χ4v) is 5.63. The van der Waals surface area contributed by atoms with Gasteiger partial charge in [-0.1, -0.05) is 6.42 Å². The minimum atomic E-state index is -3.44. The third-order valence-corrected chi connectivity index (χ3v) is 7.50. The third-order valence-electron chi connectivity index (χ3n) is 5.49. The van der Waals surface area contributed by atoms with Crippen LogP contribution >= 0.6 is 0 Å². The lowest BCUT2D eigenvalue weighted by molar-refractivity contribution is -0.119. The van der Waals surface area contributed by atoms with Gasteiger partial charge in [0.05, 0.1) is 4.90 Å². The first-order chi connectivity index (χ1) is 11.5. The zero-order valence-corrected chi connectivity index (χ0v) is 14.9. The molecule has 130 valence electrons. The van der Waals surface area contributed by atoms with Crippen molar-refractivity contribution in [1.29, 1.82) is 0 Å². The summed E-state index contributed by atoms with van der Waals surface area (Å²) in [6.45, 7) is 3.27. The molecule has 0 bridgehead atoms. The number of piperidine rings is 1. The van der Waals surface area contributed by atoms with Crippen LogP contribution in [-0.4, -0.2) is 37.8 Å². The van der Waals surface area contributed by atoms with Crippen molar-refractivity contribution < 1.29 is 13.2 Å². The van der Waals surface area contributed by atoms with Crippen LogP contribution in [0.2, 0.25) is 0 Å². The van der Waals surface area contributed by atoms with Crippen LogP contribution in [0.3, 0.4) is 0 Å². The van der Waals surface area contributed by atoms with E-state index in [4.69, 9.17) is 0 Å². The van der Waals surface area contributed by atoms with Crippen molar-refractivity contribution in [1.82, 2.24) is 4.31 Å². The van der Waals surface area contributed by atoms with Crippen LogP contribution in [0.15, 0.2) is 23.1 Å². The lowest BCUT2D eigenvalue weighted by Crippen LogP contribution is -2.41. The van der Waals surface area contributed by atoms with E-state index in [0.717, 1.165) is 49.8 Å². The number of carbonyl (C=O) groups excluding carboxylic acids is 1. The van der Waals surface area contributed by atoms with Crippen LogP contribution in [0, 0.1) is 5.92 Å². The molecule has 24 heavy (non-hydrogen) atoms. The molecule has 1 atom stereocenters. The van der Waals surface area contributed by atoms with Crippen LogP contribution in [-0.2, 0) is 21.2 Å². The summed E-state index contributed by atoms with van der Waals surface area (Å²) in [5.41, 5.74) is 1.88. The minimum absolute atomic E-state index is 0.0601. The Morgan fingerprint density at radius 3 is 2.62 bits per heavy atom. The Morgan fingerprint density at radius 2 is 1.92 bits per heavy atom. The molecule has 1 aromatic rings. The molecule has 5 nitrogen and oxygen atoms in total. The summed E-state index contributed by atoms with van der Waals surface area (Å²) >= 11 is 0. The minimum Gasteiger partial charge on any atom is -0.312 e. The van der Waals surface area contributed by atoms with Gasteiger partial charge >= 0.3 is 0 Å². The van der Waals surface area contributed by atoms with E-state index in [2.05, 4.69) is 0 Å². The average Bonchev–Trinajstić information content (AvgIpc) is 3.33. The number of amides is 1. The molecule has 3 aliphatic rings. The summed E-state index contributed by atoms with van der Waals surface area (Å²) < 4.78 is 27.6. The molecule has 0 aromatic heterocycles. The number of rotatable bonds is 3. The molecule has 6 heteroatoms. The Bertz CT molecular complexity index is 770. The number of anilines is 1. The molecule has 1 amide bonds. The molecule has 1 unspecified atom stereocenters. The highest BCUT2D eigenvalue weighted by Crippen LogP contribution is 2.37. The molecule has 1 saturated carbocycles. The van der Waals surface area contributed by atoms with Crippen LogP contribution in [0.25, 0.3) is 0 Å². The van der Waals surface area contributed by atoms with Crippen LogP contribution in [0.1, 0.15) is 44.6 Å². The van der Waals surface area contributed by atoms with Crippen LogP contribution < -0.4 is 4.90 Å². The van der Waals surface area contributed by atoms with Gasteiger partial charge in [-0.05, 0) is 62.8 Å². The summed E-state index contributed by atoms with van der Waals surface area (Å²) in [4.78, 5) is 14.6. The monoisotopic (exact) mass is 348 g/mol. The predicted octanol–water partition coefficient (Wildman–Crippen LogP) is 2.55. The van der Waals surface area contributed by atoms with Gasteiger partial charge in [-0.3, -0.25) is 4.79 Å². The highest BCUT2D eigenvalue weighted by molar-refractivity contribution is 7.89. The maximum absolute atomic E-state index is 13.0. The summed E-state index contributed by atoms with van der Waals surface area (Å²) in [5.74, 6) is 0.391. The second-order valence-corrected chi connectivity index (χ2v) is 9.16. The fraction of sp³-hybridized carbons (Fsp3) is 0.611. The van der Waals surface area contributed by atoms with E-state index in [-0.39, 0.29) is 17.9 Å². The first kappa shape index (κ1) is 16.1. The molecular weight excluding hydrogens is 324 g/mol. The van der Waals surface area contributed by atoms with Gasteiger partial charge in [0.2, 0.25) is 15.9 Å². The normalized spacial score (nSPS) is 24.9. The Balaban J connectivity index is 1.63. The van der Waals surface area contributed by atoms with Gasteiger partial charge < -0.3 is 4.90 Å². The van der Waals surface area contributed by atoms with Crippen molar-refractivity contribution in [2.45, 2.75) is 56.4 Å². The van der Waals surface area contributed by atoms with Crippen molar-refractivity contribution in [2.24, 2.45) is 5.92 Å². The zero-order valence-electron chi connectivity index (χ0n) is 14.1. The van der Waals surface area contributed by atoms with Crippen LogP contribution in [0.5, 0.6) is 0 Å². The molecule has 2 heterocycles. The molecular formula is C18H24N2O3S. The Hall–Kier alpha value is -1.40. The van der Waals surface area contributed by atoms with E-state index < -0.39 is 10.0 Å². The van der Waals surface area contributed by atoms with Crippen LogP contribution in [0.4, 0.5) is 5.69 Å². The topological polar surface area (TPSA) is 57.7 Å². The van der Waals surface area contributed by atoms with E-state index >= 15 is 0 Å². The van der Waals surface area contributed by atoms with Gasteiger partial charge in [0, 0.05) is 30.7 Å². The largest absolute Gasteiger partial charge is 0.312 e. The first-order valence-corrected chi connectivity index (χ1v) is 10.4. The molecule has 0 N–H and O–H groups in total. The van der Waals surface area contributed by atoms with Gasteiger partial charge in [-0.15, -0.1) is 0 Å². The molecule has 2 aliphatic heterocycles. The molecule has 1 saturated heterocycles. The van der Waals surface area contributed by atoms with Gasteiger partial charge in [0.15, 0.2) is 0 Å². The predicted molar refractivity (Wildman–Crippen MR) is 92.4 cm³/mol. The molecule has 1 aliphatic carbocycles. The SMILES string of the molecule is CC1CCCCN1S(=O)(=O)c1ccc2c(c1)CCN2C(=O)C1CC1. The number of hydrogen-bond donors (Lipinski definition) is 0. The molecule has 0 radical (unpaired) electrons. The van der Waals surface area contributed by atoms with E-state index in [1.165, 1.54) is 0 Å². The number of benzene rings is 1. The standard InChI is InChI=1S/C18H24N2O3S/c1-13-4-2-3-10-20(13)24(22,23)16-7-8-17-15(12-16)9-11-19(17)18(21)14-5-6-14/h7-8,12-14H,2-6,9-11H2,1H3. The molecule has 1 aromatic carbocycles. The number of hydrogen-bond acceptors (Lipinski definition) is 3. The lowest BCUT2D eigenvalue weighted by Gasteiger charge is -2.32. The van der Waals surface area contributed by atoms with E-state index in [0.29, 0.717) is 18.0 Å². The maximum Gasteiger partial charge on any atom is 0.243 e. The second kappa shape index (κ2) is 5.85. The third kappa shape index (κ3) is 2.65.